The van der Waals surface area contributed by atoms with Crippen molar-refractivity contribution in [1.29, 1.82) is 5.26 Å². The predicted molar refractivity (Wildman–Crippen MR) is 133 cm³/mol. The zero-order valence-electron chi connectivity index (χ0n) is 18.6. The number of aryl methyl sites for hydroxylation is 1. The first-order valence-corrected chi connectivity index (χ1v) is 12.8. The van der Waals surface area contributed by atoms with Crippen molar-refractivity contribution in [2.75, 3.05) is 19.7 Å². The molecule has 4 heterocycles. The molecule has 0 bridgehead atoms. The molecule has 3 aromatic heterocycles. The summed E-state index contributed by atoms with van der Waals surface area (Å²) < 4.78 is 14.6. The number of oxazole rings is 1. The molecule has 1 amide bonds. The van der Waals surface area contributed by atoms with Crippen molar-refractivity contribution in [2.45, 2.75) is 31.4 Å². The van der Waals surface area contributed by atoms with Crippen molar-refractivity contribution in [3.8, 4) is 16.5 Å². The number of carbonyl (C=O) groups excluding carboxylic acids is 1. The molecule has 34 heavy (non-hydrogen) atoms. The SMILES string of the molecule is Cn1c(=O)oc2ccc(-c3cc4sc(CC(C#N)NC(=O)[C@@H]5CNCCCCO5)cc4s3)cc21. The van der Waals surface area contributed by atoms with Gasteiger partial charge >= 0.3 is 5.76 Å². The van der Waals surface area contributed by atoms with Gasteiger partial charge in [0.2, 0.25) is 0 Å². The van der Waals surface area contributed by atoms with Crippen LogP contribution in [0.4, 0.5) is 0 Å². The maximum absolute atomic E-state index is 12.6. The summed E-state index contributed by atoms with van der Waals surface area (Å²) in [6.07, 6.45) is 1.83. The monoisotopic (exact) mass is 496 g/mol. The Labute approximate surface area is 203 Å². The highest BCUT2D eigenvalue weighted by Crippen LogP contribution is 2.39. The fourth-order valence-corrected chi connectivity index (χ4v) is 6.51. The molecule has 10 heteroatoms. The van der Waals surface area contributed by atoms with E-state index in [2.05, 4.69) is 28.8 Å². The normalized spacial score (nSPS) is 17.8. The van der Waals surface area contributed by atoms with Gasteiger partial charge in [0.05, 0.1) is 11.6 Å². The van der Waals surface area contributed by atoms with E-state index in [1.54, 1.807) is 29.7 Å². The number of nitrogens with zero attached hydrogens (tertiary/aromatic N) is 2. The molecule has 0 radical (unpaired) electrons. The summed E-state index contributed by atoms with van der Waals surface area (Å²) in [5.41, 5.74) is 2.35. The number of carbonyl (C=O) groups is 1. The van der Waals surface area contributed by atoms with Gasteiger partial charge in [-0.05, 0) is 55.3 Å². The standard InChI is InChI=1S/C24H24N4O4S2/c1-28-17-8-14(4-5-18(17)32-24(28)30)20-11-22-21(34-20)10-16(33-22)9-15(12-25)27-23(29)19-13-26-6-2-3-7-31-19/h4-5,8,10-11,15,19,26H,2-3,6-7,9,13H2,1H3,(H,27,29)/t15?,19-/m0/s1. The second-order valence-corrected chi connectivity index (χ2v) is 10.6. The van der Waals surface area contributed by atoms with Crippen molar-refractivity contribution < 1.29 is 13.9 Å². The molecule has 176 valence electrons. The molecule has 1 saturated heterocycles. The lowest BCUT2D eigenvalue weighted by Crippen LogP contribution is -2.47. The van der Waals surface area contributed by atoms with Crippen LogP contribution in [0, 0.1) is 11.3 Å². The van der Waals surface area contributed by atoms with Crippen LogP contribution >= 0.6 is 22.7 Å². The van der Waals surface area contributed by atoms with Gasteiger partial charge in [0.1, 0.15) is 12.1 Å². The number of hydrogen-bond donors (Lipinski definition) is 2. The van der Waals surface area contributed by atoms with Gasteiger partial charge in [0.25, 0.3) is 5.91 Å². The Morgan fingerprint density at radius 1 is 1.29 bits per heavy atom. The van der Waals surface area contributed by atoms with E-state index in [-0.39, 0.29) is 11.7 Å². The van der Waals surface area contributed by atoms with E-state index >= 15 is 0 Å². The molecule has 0 aliphatic carbocycles. The number of ether oxygens (including phenoxy) is 1. The molecule has 0 spiro atoms. The average molecular weight is 497 g/mol. The summed E-state index contributed by atoms with van der Waals surface area (Å²) in [5.74, 6) is -0.619. The van der Waals surface area contributed by atoms with Gasteiger partial charge in [-0.1, -0.05) is 0 Å². The number of fused-ring (bicyclic) bond motifs is 2. The number of nitriles is 1. The van der Waals surface area contributed by atoms with Crippen LogP contribution in [0.2, 0.25) is 0 Å². The Hall–Kier alpha value is -2.97. The summed E-state index contributed by atoms with van der Waals surface area (Å²) in [6, 6.07) is 11.6. The maximum atomic E-state index is 12.6. The van der Waals surface area contributed by atoms with Gasteiger partial charge in [0, 0.05) is 45.8 Å². The minimum Gasteiger partial charge on any atom is -0.408 e. The molecule has 1 aliphatic heterocycles. The molecule has 4 aromatic rings. The van der Waals surface area contributed by atoms with Crippen molar-refractivity contribution >= 4 is 49.1 Å². The highest BCUT2D eigenvalue weighted by Gasteiger charge is 2.23. The van der Waals surface area contributed by atoms with Crippen LogP contribution in [0.1, 0.15) is 17.7 Å². The first-order valence-electron chi connectivity index (χ1n) is 11.2. The smallest absolute Gasteiger partial charge is 0.408 e. The Bertz CT molecular complexity index is 1400. The summed E-state index contributed by atoms with van der Waals surface area (Å²) in [5, 5.41) is 15.7. The Balaban J connectivity index is 1.29. The van der Waals surface area contributed by atoms with Crippen LogP contribution in [-0.2, 0) is 23.0 Å². The molecule has 1 aliphatic rings. The molecule has 1 unspecified atom stereocenters. The molecule has 2 atom stereocenters. The van der Waals surface area contributed by atoms with E-state index in [1.807, 2.05) is 18.2 Å². The highest BCUT2D eigenvalue weighted by atomic mass is 32.1. The van der Waals surface area contributed by atoms with Crippen LogP contribution in [0.3, 0.4) is 0 Å². The van der Waals surface area contributed by atoms with E-state index in [4.69, 9.17) is 9.15 Å². The molecule has 2 N–H and O–H groups in total. The highest BCUT2D eigenvalue weighted by molar-refractivity contribution is 7.29. The number of amides is 1. The first kappa shape index (κ1) is 22.8. The molecule has 5 rings (SSSR count). The average Bonchev–Trinajstić information content (AvgIpc) is 3.44. The van der Waals surface area contributed by atoms with Crippen molar-refractivity contribution in [3.63, 3.8) is 0 Å². The molecule has 0 saturated carbocycles. The Morgan fingerprint density at radius 2 is 2.15 bits per heavy atom. The van der Waals surface area contributed by atoms with Crippen LogP contribution in [0.15, 0.2) is 39.5 Å². The van der Waals surface area contributed by atoms with Crippen molar-refractivity contribution in [1.82, 2.24) is 15.2 Å². The minimum absolute atomic E-state index is 0.245. The number of nitrogens with one attached hydrogen (secondary N) is 2. The third kappa shape index (κ3) is 4.65. The lowest BCUT2D eigenvalue weighted by molar-refractivity contribution is -0.133. The second kappa shape index (κ2) is 9.72. The fourth-order valence-electron chi connectivity index (χ4n) is 4.04. The predicted octanol–water partition coefficient (Wildman–Crippen LogP) is 3.39. The lowest BCUT2D eigenvalue weighted by Gasteiger charge is -2.22. The third-order valence-corrected chi connectivity index (χ3v) is 8.27. The van der Waals surface area contributed by atoms with Crippen LogP contribution in [0.25, 0.3) is 30.9 Å². The van der Waals surface area contributed by atoms with Crippen molar-refractivity contribution in [2.24, 2.45) is 7.05 Å². The lowest BCUT2D eigenvalue weighted by atomic mass is 10.1. The number of benzene rings is 1. The number of hydrogen-bond acceptors (Lipinski definition) is 8. The topological polar surface area (TPSA) is 109 Å². The van der Waals surface area contributed by atoms with Gasteiger partial charge in [0.15, 0.2) is 5.58 Å². The quantitative estimate of drug-likeness (QED) is 0.438. The summed E-state index contributed by atoms with van der Waals surface area (Å²) in [6.45, 7) is 1.89. The molecular formula is C24H24N4O4S2. The van der Waals surface area contributed by atoms with E-state index in [0.29, 0.717) is 25.2 Å². The maximum Gasteiger partial charge on any atom is 0.419 e. The Morgan fingerprint density at radius 3 is 2.97 bits per heavy atom. The molecular weight excluding hydrogens is 472 g/mol. The number of thiophene rings is 2. The number of rotatable bonds is 5. The zero-order chi connectivity index (χ0) is 23.7. The Kier molecular flexibility index (Phi) is 6.52. The van der Waals surface area contributed by atoms with E-state index < -0.39 is 12.1 Å². The van der Waals surface area contributed by atoms with Crippen LogP contribution < -0.4 is 16.4 Å². The summed E-state index contributed by atoms with van der Waals surface area (Å²) in [7, 11) is 1.70. The second-order valence-electron chi connectivity index (χ2n) is 8.33. The van der Waals surface area contributed by atoms with Gasteiger partial charge in [-0.25, -0.2) is 4.79 Å². The van der Waals surface area contributed by atoms with E-state index in [9.17, 15) is 14.9 Å². The largest absolute Gasteiger partial charge is 0.419 e. The van der Waals surface area contributed by atoms with E-state index in [0.717, 1.165) is 49.6 Å². The van der Waals surface area contributed by atoms with Gasteiger partial charge in [-0.15, -0.1) is 22.7 Å². The third-order valence-electron chi connectivity index (χ3n) is 5.90. The number of aromatic nitrogens is 1. The van der Waals surface area contributed by atoms with Gasteiger partial charge in [-0.3, -0.25) is 9.36 Å². The van der Waals surface area contributed by atoms with Gasteiger partial charge < -0.3 is 19.8 Å². The minimum atomic E-state index is -0.612. The molecule has 1 aromatic carbocycles. The molecule has 8 nitrogen and oxygen atoms in total. The van der Waals surface area contributed by atoms with Crippen molar-refractivity contribution in [3.05, 3.63) is 45.8 Å². The van der Waals surface area contributed by atoms with Crippen LogP contribution in [-0.4, -0.2) is 42.3 Å². The van der Waals surface area contributed by atoms with E-state index in [1.165, 1.54) is 4.57 Å². The van der Waals surface area contributed by atoms with Gasteiger partial charge in [-0.2, -0.15) is 5.26 Å². The summed E-state index contributed by atoms with van der Waals surface area (Å²) in [4.78, 5) is 26.5. The fraction of sp³-hybridized carbons (Fsp3) is 0.375. The first-order chi connectivity index (χ1) is 16.5. The van der Waals surface area contributed by atoms with Crippen LogP contribution in [0.5, 0.6) is 0 Å². The zero-order valence-corrected chi connectivity index (χ0v) is 20.3. The molecule has 1 fully saturated rings. The summed E-state index contributed by atoms with van der Waals surface area (Å²) >= 11 is 3.29.